The first-order valence-electron chi connectivity index (χ1n) is 2.92. The predicted octanol–water partition coefficient (Wildman–Crippen LogP) is -2.41. The molecule has 4 aliphatic rings. The monoisotopic (exact) mass is 644 g/mol. The summed E-state index contributed by atoms with van der Waals surface area (Å²) in [5.41, 5.74) is 0. The van der Waals surface area contributed by atoms with E-state index >= 15 is 0 Å². The average molecular weight is 647 g/mol. The number of hydrogen-bond donors (Lipinski definition) is 0. The van der Waals surface area contributed by atoms with Crippen molar-refractivity contribution < 1.29 is 19.8 Å². The molecule has 0 aromatic carbocycles. The van der Waals surface area contributed by atoms with Crippen LogP contribution in [0.2, 0.25) is 0 Å². The topological polar surface area (TPSA) is 124 Å². The first-order chi connectivity index (χ1) is 6.24. The van der Waals surface area contributed by atoms with Gasteiger partial charge in [-0.05, 0) is 0 Å². The molecule has 0 aliphatic carbocycles. The van der Waals surface area contributed by atoms with Gasteiger partial charge in [0, 0.05) is 0 Å². The molecule has 0 N–H and O–H groups in total. The molecular formula is O10Sb4. The molecule has 4 fully saturated rings. The zero-order valence-corrected chi connectivity index (χ0v) is 16.1. The Morgan fingerprint density at radius 2 is 0.571 bits per heavy atom. The Kier molecular flexibility index (Phi) is 2.40. The van der Waals surface area contributed by atoms with E-state index in [1.807, 2.05) is 0 Å². The van der Waals surface area contributed by atoms with Gasteiger partial charge in [-0.1, -0.05) is 0 Å². The minimum atomic E-state index is -5.28. The molecule has 4 bridgehead atoms. The Labute approximate surface area is 98.0 Å². The van der Waals surface area contributed by atoms with Crippen LogP contribution < -0.4 is 0 Å². The van der Waals surface area contributed by atoms with Crippen LogP contribution in [-0.2, 0) is 19.8 Å². The fourth-order valence-corrected chi connectivity index (χ4v) is 87.1. The Balaban J connectivity index is 2.27. The van der Waals surface area contributed by atoms with Crippen LogP contribution in [0.15, 0.2) is 0 Å². The summed E-state index contributed by atoms with van der Waals surface area (Å²) in [6.07, 6.45) is 0. The molecule has 0 saturated carbocycles. The molecule has 0 unspecified atom stereocenters. The summed E-state index contributed by atoms with van der Waals surface area (Å²) in [6, 6.07) is 0. The molecule has 4 saturated heterocycles. The Morgan fingerprint density at radius 1 is 0.429 bits per heavy atom. The van der Waals surface area contributed by atoms with Gasteiger partial charge in [0.15, 0.2) is 0 Å². The molecular weight excluding hydrogens is 647 g/mol. The van der Waals surface area contributed by atoms with E-state index in [1.165, 1.54) is 0 Å². The summed E-state index contributed by atoms with van der Waals surface area (Å²) in [7, 11) is 0. The Hall–Kier alpha value is 2.23. The van der Waals surface area contributed by atoms with Crippen LogP contribution in [0.25, 0.3) is 0 Å². The maximum absolute atomic E-state index is 11.5. The quantitative estimate of drug-likeness (QED) is 0.263. The van der Waals surface area contributed by atoms with E-state index in [1.54, 1.807) is 0 Å². The van der Waals surface area contributed by atoms with Gasteiger partial charge in [-0.3, -0.25) is 0 Å². The van der Waals surface area contributed by atoms with Crippen molar-refractivity contribution in [3.63, 3.8) is 0 Å². The van der Waals surface area contributed by atoms with Gasteiger partial charge in [0.25, 0.3) is 0 Å². The van der Waals surface area contributed by atoms with Crippen LogP contribution >= 0.6 is 0 Å². The molecule has 14 heteroatoms. The van der Waals surface area contributed by atoms with E-state index in [4.69, 9.17) is 0 Å². The van der Waals surface area contributed by atoms with Gasteiger partial charge in [0.2, 0.25) is 0 Å². The third kappa shape index (κ3) is 1.70. The van der Waals surface area contributed by atoms with Gasteiger partial charge in [-0.25, -0.2) is 0 Å². The molecule has 14 heavy (non-hydrogen) atoms. The van der Waals surface area contributed by atoms with Crippen LogP contribution in [0, 0.1) is 0 Å². The standard InChI is InChI=1S/10O.4Sb. The van der Waals surface area contributed by atoms with Gasteiger partial charge >= 0.3 is 100 Å². The van der Waals surface area contributed by atoms with E-state index in [0.717, 1.165) is 0 Å². The molecule has 4 aliphatic heterocycles. The molecule has 0 radical (unpaired) electrons. The fraction of sp³-hybridized carbons (Fsp3) is 0. The van der Waals surface area contributed by atoms with Crippen molar-refractivity contribution in [3.05, 3.63) is 0 Å². The van der Waals surface area contributed by atoms with E-state index in [-0.39, 0.29) is 0 Å². The third-order valence-electron chi connectivity index (χ3n) is 1.20. The van der Waals surface area contributed by atoms with E-state index in [0.29, 0.717) is 0 Å². The van der Waals surface area contributed by atoms with E-state index in [2.05, 4.69) is 7.76 Å². The second-order valence-corrected chi connectivity index (χ2v) is 34.0. The van der Waals surface area contributed by atoms with Crippen LogP contribution in [0.5, 0.6) is 0 Å². The molecule has 4 heterocycles. The molecule has 0 aromatic rings. The normalized spacial score (nSPS) is 65.7. The zero-order valence-electron chi connectivity index (χ0n) is 5.87. The predicted molar refractivity (Wildman–Crippen MR) is 32.3 cm³/mol. The summed E-state index contributed by atoms with van der Waals surface area (Å²) in [5.74, 6) is 0. The van der Waals surface area contributed by atoms with Crippen LogP contribution in [-0.4, -0.2) is 80.2 Å². The number of hydrogen-bond acceptors (Lipinski definition) is 10. The number of rotatable bonds is 0. The van der Waals surface area contributed by atoms with Crippen molar-refractivity contribution in [1.29, 1.82) is 0 Å². The second kappa shape index (κ2) is 2.97. The fourth-order valence-electron chi connectivity index (χ4n) is 0.914. The SMILES string of the molecule is [O]=[Sb]12[O][Sb]3(=[O])[O][Sb](=[O])([O]1)[O][Sb](=[O])([O]2)[O]3. The minimum absolute atomic E-state index is 4.35. The van der Waals surface area contributed by atoms with Gasteiger partial charge in [-0.15, -0.1) is 0 Å². The molecule has 0 aromatic heterocycles. The first kappa shape index (κ1) is 11.3. The molecule has 0 spiro atoms. The van der Waals surface area contributed by atoms with Gasteiger partial charge in [0.05, 0.1) is 0 Å². The summed E-state index contributed by atoms with van der Waals surface area (Å²) < 4.78 is 71.9. The van der Waals surface area contributed by atoms with Crippen molar-refractivity contribution >= 4 is 80.2 Å². The third-order valence-corrected chi connectivity index (χ3v) is 54.0. The van der Waals surface area contributed by atoms with E-state index < -0.39 is 80.2 Å². The van der Waals surface area contributed by atoms with Crippen molar-refractivity contribution in [2.75, 3.05) is 0 Å². The molecule has 0 amide bonds. The Morgan fingerprint density at radius 3 is 0.714 bits per heavy atom. The van der Waals surface area contributed by atoms with Gasteiger partial charge < -0.3 is 0 Å². The van der Waals surface area contributed by atoms with Gasteiger partial charge in [0.1, 0.15) is 0 Å². The summed E-state index contributed by atoms with van der Waals surface area (Å²) in [6.45, 7) is 0. The first-order valence-corrected chi connectivity index (χ1v) is 19.6. The Bertz CT molecular complexity index is 344. The van der Waals surface area contributed by atoms with Crippen LogP contribution in [0.1, 0.15) is 0 Å². The molecule has 80 valence electrons. The molecule has 4 rings (SSSR count). The molecule has 0 atom stereocenters. The summed E-state index contributed by atoms with van der Waals surface area (Å²) in [5, 5.41) is 0. The van der Waals surface area contributed by atoms with Crippen molar-refractivity contribution in [2.24, 2.45) is 0 Å². The van der Waals surface area contributed by atoms with Crippen molar-refractivity contribution in [2.45, 2.75) is 0 Å². The summed E-state index contributed by atoms with van der Waals surface area (Å²) >= 11 is -21.1. The van der Waals surface area contributed by atoms with Crippen molar-refractivity contribution in [3.8, 4) is 0 Å². The van der Waals surface area contributed by atoms with Crippen LogP contribution in [0.4, 0.5) is 0 Å². The second-order valence-electron chi connectivity index (χ2n) is 2.28. The maximum atomic E-state index is 11.5. The molecule has 10 nitrogen and oxygen atoms in total. The van der Waals surface area contributed by atoms with Crippen molar-refractivity contribution in [1.82, 2.24) is 0 Å². The zero-order chi connectivity index (χ0) is 10.2. The average Bonchev–Trinajstić information content (AvgIpc) is 1.67. The summed E-state index contributed by atoms with van der Waals surface area (Å²) in [4.78, 5) is 0. The van der Waals surface area contributed by atoms with E-state index in [9.17, 15) is 12.1 Å². The van der Waals surface area contributed by atoms with Gasteiger partial charge in [-0.2, -0.15) is 0 Å². The van der Waals surface area contributed by atoms with Crippen LogP contribution in [0.3, 0.4) is 0 Å².